The van der Waals surface area contributed by atoms with Gasteiger partial charge in [0.2, 0.25) is 0 Å². The minimum absolute atomic E-state index is 0.239. The second-order valence-corrected chi connectivity index (χ2v) is 6.79. The molecule has 1 aliphatic heterocycles. The number of methoxy groups -OCH3 is 1. The van der Waals surface area contributed by atoms with Gasteiger partial charge in [-0.3, -0.25) is 4.79 Å². The van der Waals surface area contributed by atoms with Crippen molar-refractivity contribution in [2.75, 3.05) is 40.0 Å². The third kappa shape index (κ3) is 5.85. The quantitative estimate of drug-likeness (QED) is 0.642. The average Bonchev–Trinajstić information content (AvgIpc) is 2.77. The highest BCUT2D eigenvalue weighted by Gasteiger charge is 2.19. The molecule has 1 amide bonds. The van der Waals surface area contributed by atoms with Crippen LogP contribution >= 0.6 is 11.6 Å². The number of esters is 1. The van der Waals surface area contributed by atoms with Crippen LogP contribution in [0.15, 0.2) is 42.5 Å². The van der Waals surface area contributed by atoms with E-state index in [1.165, 1.54) is 13.2 Å². The summed E-state index contributed by atoms with van der Waals surface area (Å²) in [6.07, 6.45) is 0. The molecule has 0 spiro atoms. The van der Waals surface area contributed by atoms with Crippen LogP contribution in [0.3, 0.4) is 0 Å². The molecule has 154 valence electrons. The second-order valence-electron chi connectivity index (χ2n) is 6.35. The van der Waals surface area contributed by atoms with Crippen molar-refractivity contribution in [3.63, 3.8) is 0 Å². The number of hydrogen-bond donors (Lipinski definition) is 0. The van der Waals surface area contributed by atoms with Gasteiger partial charge in [0.05, 0.1) is 25.9 Å². The number of hydrogen-bond acceptors (Lipinski definition) is 6. The summed E-state index contributed by atoms with van der Waals surface area (Å²) < 4.78 is 21.4. The third-order valence-corrected chi connectivity index (χ3v) is 4.65. The minimum atomic E-state index is -0.603. The smallest absolute Gasteiger partial charge is 0.338 e. The Balaban J connectivity index is 1.57. The Morgan fingerprint density at radius 3 is 2.48 bits per heavy atom. The lowest BCUT2D eigenvalue weighted by atomic mass is 10.2. The monoisotopic (exact) mass is 419 g/mol. The molecule has 1 aliphatic rings. The van der Waals surface area contributed by atoms with Crippen LogP contribution in [0.1, 0.15) is 15.9 Å². The molecular weight excluding hydrogens is 398 g/mol. The predicted molar refractivity (Wildman–Crippen MR) is 106 cm³/mol. The van der Waals surface area contributed by atoms with Crippen LogP contribution < -0.4 is 9.47 Å². The Morgan fingerprint density at radius 2 is 1.79 bits per heavy atom. The van der Waals surface area contributed by atoms with Crippen molar-refractivity contribution in [1.82, 2.24) is 4.90 Å². The van der Waals surface area contributed by atoms with E-state index in [0.29, 0.717) is 49.4 Å². The summed E-state index contributed by atoms with van der Waals surface area (Å²) in [7, 11) is 1.49. The minimum Gasteiger partial charge on any atom is -0.493 e. The highest BCUT2D eigenvalue weighted by atomic mass is 35.5. The van der Waals surface area contributed by atoms with Crippen LogP contribution in [-0.2, 0) is 20.9 Å². The van der Waals surface area contributed by atoms with E-state index in [2.05, 4.69) is 0 Å². The van der Waals surface area contributed by atoms with Crippen molar-refractivity contribution in [1.29, 1.82) is 0 Å². The third-order valence-electron chi connectivity index (χ3n) is 4.40. The van der Waals surface area contributed by atoms with Gasteiger partial charge in [-0.25, -0.2) is 4.79 Å². The van der Waals surface area contributed by atoms with Crippen molar-refractivity contribution >= 4 is 23.5 Å². The number of carbonyl (C=O) groups excluding carboxylic acids is 2. The van der Waals surface area contributed by atoms with E-state index in [1.807, 2.05) is 12.1 Å². The molecule has 3 rings (SSSR count). The Kier molecular flexibility index (Phi) is 7.32. The van der Waals surface area contributed by atoms with Crippen LogP contribution in [0.25, 0.3) is 0 Å². The maximum Gasteiger partial charge on any atom is 0.338 e. The number of amides is 1. The summed E-state index contributed by atoms with van der Waals surface area (Å²) >= 11 is 5.88. The number of ether oxygens (including phenoxy) is 4. The van der Waals surface area contributed by atoms with Gasteiger partial charge in [0.25, 0.3) is 5.91 Å². The van der Waals surface area contributed by atoms with E-state index in [9.17, 15) is 9.59 Å². The van der Waals surface area contributed by atoms with E-state index in [-0.39, 0.29) is 18.1 Å². The molecule has 0 saturated carbocycles. The molecule has 0 radical (unpaired) electrons. The van der Waals surface area contributed by atoms with Gasteiger partial charge in [-0.15, -0.1) is 0 Å². The first kappa shape index (κ1) is 21.0. The zero-order valence-corrected chi connectivity index (χ0v) is 16.8. The standard InChI is InChI=1S/C21H22ClNO6/c1-26-19-12-16(21(25)29-14-20(24)23-8-10-27-11-9-23)4-7-18(19)28-13-15-2-5-17(22)6-3-15/h2-7,12H,8-11,13-14H2,1H3. The summed E-state index contributed by atoms with van der Waals surface area (Å²) in [4.78, 5) is 26.0. The summed E-state index contributed by atoms with van der Waals surface area (Å²) in [6.45, 7) is 2.01. The average molecular weight is 420 g/mol. The fraction of sp³-hybridized carbons (Fsp3) is 0.333. The molecule has 0 bridgehead atoms. The van der Waals surface area contributed by atoms with Crippen molar-refractivity contribution in [3.8, 4) is 11.5 Å². The number of carbonyl (C=O) groups is 2. The molecule has 0 N–H and O–H groups in total. The topological polar surface area (TPSA) is 74.3 Å². The highest BCUT2D eigenvalue weighted by Crippen LogP contribution is 2.29. The first-order valence-corrected chi connectivity index (χ1v) is 9.52. The zero-order valence-electron chi connectivity index (χ0n) is 16.1. The van der Waals surface area contributed by atoms with Crippen molar-refractivity contribution in [2.24, 2.45) is 0 Å². The van der Waals surface area contributed by atoms with Crippen molar-refractivity contribution in [3.05, 3.63) is 58.6 Å². The molecule has 0 unspecified atom stereocenters. The Hall–Kier alpha value is -2.77. The number of halogens is 1. The Labute approximate surface area is 174 Å². The van der Waals surface area contributed by atoms with Gasteiger partial charge in [0, 0.05) is 18.1 Å². The summed E-state index contributed by atoms with van der Waals surface area (Å²) in [5.74, 6) is 0.0435. The van der Waals surface area contributed by atoms with Gasteiger partial charge in [0.15, 0.2) is 18.1 Å². The van der Waals surface area contributed by atoms with E-state index in [0.717, 1.165) is 5.56 Å². The van der Waals surface area contributed by atoms with E-state index in [4.69, 9.17) is 30.5 Å². The van der Waals surface area contributed by atoms with E-state index >= 15 is 0 Å². The number of rotatable bonds is 7. The zero-order chi connectivity index (χ0) is 20.6. The van der Waals surface area contributed by atoms with Gasteiger partial charge >= 0.3 is 5.97 Å². The SMILES string of the molecule is COc1cc(C(=O)OCC(=O)N2CCOCC2)ccc1OCc1ccc(Cl)cc1. The maximum absolute atomic E-state index is 12.3. The van der Waals surface area contributed by atoms with E-state index < -0.39 is 5.97 Å². The van der Waals surface area contributed by atoms with Crippen LogP contribution in [0.4, 0.5) is 0 Å². The molecule has 0 atom stereocenters. The van der Waals surface area contributed by atoms with Crippen molar-refractivity contribution < 1.29 is 28.5 Å². The lowest BCUT2D eigenvalue weighted by molar-refractivity contribution is -0.138. The molecule has 8 heteroatoms. The Morgan fingerprint density at radius 1 is 1.07 bits per heavy atom. The summed E-state index contributed by atoms with van der Waals surface area (Å²) in [6, 6.07) is 12.0. The molecule has 2 aromatic rings. The van der Waals surface area contributed by atoms with Gasteiger partial charge < -0.3 is 23.8 Å². The number of nitrogens with zero attached hydrogens (tertiary/aromatic N) is 1. The fourth-order valence-electron chi connectivity index (χ4n) is 2.77. The maximum atomic E-state index is 12.3. The van der Waals surface area contributed by atoms with Crippen LogP contribution in [-0.4, -0.2) is 56.8 Å². The second kappa shape index (κ2) is 10.1. The number of benzene rings is 2. The largest absolute Gasteiger partial charge is 0.493 e. The highest BCUT2D eigenvalue weighted by molar-refractivity contribution is 6.30. The van der Waals surface area contributed by atoms with Crippen LogP contribution in [0.2, 0.25) is 5.02 Å². The number of morpholine rings is 1. The Bertz CT molecular complexity index is 849. The summed E-state index contributed by atoms with van der Waals surface area (Å²) in [5, 5.41) is 0.654. The van der Waals surface area contributed by atoms with Crippen LogP contribution in [0, 0.1) is 0 Å². The fourth-order valence-corrected chi connectivity index (χ4v) is 2.90. The molecule has 1 fully saturated rings. The molecule has 0 aromatic heterocycles. The molecule has 1 heterocycles. The van der Waals surface area contributed by atoms with E-state index in [1.54, 1.807) is 29.2 Å². The van der Waals surface area contributed by atoms with Gasteiger partial charge in [0.1, 0.15) is 6.61 Å². The molecule has 29 heavy (non-hydrogen) atoms. The lowest BCUT2D eigenvalue weighted by Gasteiger charge is -2.26. The first-order chi connectivity index (χ1) is 14.1. The predicted octanol–water partition coefficient (Wildman–Crippen LogP) is 2.94. The van der Waals surface area contributed by atoms with Crippen LogP contribution in [0.5, 0.6) is 11.5 Å². The lowest BCUT2D eigenvalue weighted by Crippen LogP contribution is -2.42. The molecule has 7 nitrogen and oxygen atoms in total. The van der Waals surface area contributed by atoms with Gasteiger partial charge in [-0.05, 0) is 35.9 Å². The molecule has 2 aromatic carbocycles. The first-order valence-electron chi connectivity index (χ1n) is 9.15. The molecular formula is C21H22ClNO6. The van der Waals surface area contributed by atoms with Gasteiger partial charge in [-0.2, -0.15) is 0 Å². The van der Waals surface area contributed by atoms with Crippen molar-refractivity contribution in [2.45, 2.75) is 6.61 Å². The summed E-state index contributed by atoms with van der Waals surface area (Å²) in [5.41, 5.74) is 1.22. The molecule has 1 saturated heterocycles. The van der Waals surface area contributed by atoms with Gasteiger partial charge in [-0.1, -0.05) is 23.7 Å². The molecule has 0 aliphatic carbocycles. The normalized spacial score (nSPS) is 13.7.